The lowest BCUT2D eigenvalue weighted by molar-refractivity contribution is 0.0674. The number of hydrogen-bond acceptors (Lipinski definition) is 4. The number of aryl methyl sites for hydroxylation is 1. The van der Waals surface area contributed by atoms with Gasteiger partial charge in [-0.1, -0.05) is 30.3 Å². The predicted molar refractivity (Wildman–Crippen MR) is 105 cm³/mol. The van der Waals surface area contributed by atoms with Gasteiger partial charge in [0.2, 0.25) is 0 Å². The number of rotatable bonds is 3. The minimum Gasteiger partial charge on any atom is -0.378 e. The highest BCUT2D eigenvalue weighted by Gasteiger charge is 2.13. The van der Waals surface area contributed by atoms with Gasteiger partial charge in [0, 0.05) is 23.5 Å². The van der Waals surface area contributed by atoms with Crippen molar-refractivity contribution in [1.29, 1.82) is 0 Å². The zero-order chi connectivity index (χ0) is 15.4. The average Bonchev–Trinajstić information content (AvgIpc) is 2.95. The minimum absolute atomic E-state index is 0. The van der Waals surface area contributed by atoms with Gasteiger partial charge in [0.15, 0.2) is 5.96 Å². The van der Waals surface area contributed by atoms with Gasteiger partial charge >= 0.3 is 0 Å². The Bertz CT molecular complexity index is 653. The lowest BCUT2D eigenvalue weighted by atomic mass is 10.2. The number of nitrogens with zero attached hydrogens (tertiary/aromatic N) is 3. The number of guanidine groups is 1. The minimum atomic E-state index is 0. The Hall–Kier alpha value is -1.19. The Balaban J connectivity index is 0.00000192. The fourth-order valence-corrected chi connectivity index (χ4v) is 3.32. The van der Waals surface area contributed by atoms with Crippen LogP contribution in [0.4, 0.5) is 0 Å². The van der Waals surface area contributed by atoms with E-state index in [0.717, 1.165) is 34.2 Å². The van der Waals surface area contributed by atoms with Gasteiger partial charge < -0.3 is 15.4 Å². The fourth-order valence-electron chi connectivity index (χ4n) is 2.32. The molecule has 1 aromatic carbocycles. The third kappa shape index (κ3) is 4.65. The number of thiazole rings is 1. The highest BCUT2D eigenvalue weighted by atomic mass is 127. The Kier molecular flexibility index (Phi) is 6.79. The molecule has 1 fully saturated rings. The van der Waals surface area contributed by atoms with Crippen molar-refractivity contribution >= 4 is 41.3 Å². The summed E-state index contributed by atoms with van der Waals surface area (Å²) in [6.45, 7) is 5.67. The maximum Gasteiger partial charge on any atom is 0.191 e. The van der Waals surface area contributed by atoms with Gasteiger partial charge in [-0.15, -0.1) is 35.3 Å². The third-order valence-electron chi connectivity index (χ3n) is 3.63. The molecule has 1 aliphatic heterocycles. The van der Waals surface area contributed by atoms with E-state index in [1.807, 2.05) is 25.1 Å². The molecule has 0 aliphatic carbocycles. The molecule has 0 atom stereocenters. The number of aromatic nitrogens is 1. The van der Waals surface area contributed by atoms with E-state index in [9.17, 15) is 0 Å². The summed E-state index contributed by atoms with van der Waals surface area (Å²) in [6.07, 6.45) is 0. The van der Waals surface area contributed by atoms with Crippen LogP contribution in [-0.4, -0.2) is 42.1 Å². The number of hydrogen-bond donors (Lipinski definition) is 1. The third-order valence-corrected chi connectivity index (χ3v) is 4.82. The first-order valence-electron chi connectivity index (χ1n) is 7.38. The molecule has 124 valence electrons. The number of ether oxygens (including phenoxy) is 1. The molecule has 7 heteroatoms. The molecule has 0 bridgehead atoms. The standard InChI is InChI=1S/C16H20N4OS.HI/c1-12-14(11-18-16(17)20-7-9-21-10-8-20)22-15(19-12)13-5-3-2-4-6-13;/h2-6H,7-11H2,1H3,(H2,17,18);1H. The zero-order valence-electron chi connectivity index (χ0n) is 13.1. The van der Waals surface area contributed by atoms with Crippen LogP contribution in [0.2, 0.25) is 0 Å². The van der Waals surface area contributed by atoms with Crippen molar-refractivity contribution in [2.75, 3.05) is 26.3 Å². The summed E-state index contributed by atoms with van der Waals surface area (Å²) >= 11 is 1.68. The molecular weight excluding hydrogens is 423 g/mol. The van der Waals surface area contributed by atoms with Crippen molar-refractivity contribution in [2.24, 2.45) is 10.7 Å². The number of benzene rings is 1. The quantitative estimate of drug-likeness (QED) is 0.449. The van der Waals surface area contributed by atoms with Gasteiger partial charge in [0.1, 0.15) is 5.01 Å². The van der Waals surface area contributed by atoms with Crippen LogP contribution in [0.3, 0.4) is 0 Å². The first-order valence-corrected chi connectivity index (χ1v) is 8.20. The monoisotopic (exact) mass is 444 g/mol. The molecule has 0 unspecified atom stereocenters. The Morgan fingerprint density at radius 3 is 2.70 bits per heavy atom. The fraction of sp³-hybridized carbons (Fsp3) is 0.375. The molecule has 0 spiro atoms. The molecule has 0 amide bonds. The van der Waals surface area contributed by atoms with E-state index in [1.54, 1.807) is 11.3 Å². The maximum absolute atomic E-state index is 6.07. The Morgan fingerprint density at radius 2 is 2.00 bits per heavy atom. The van der Waals surface area contributed by atoms with Crippen LogP contribution in [0.25, 0.3) is 10.6 Å². The van der Waals surface area contributed by atoms with Crippen molar-refractivity contribution in [3.63, 3.8) is 0 Å². The summed E-state index contributed by atoms with van der Waals surface area (Å²) in [5, 5.41) is 1.04. The second-order valence-corrected chi connectivity index (χ2v) is 6.25. The smallest absolute Gasteiger partial charge is 0.191 e. The highest BCUT2D eigenvalue weighted by Crippen LogP contribution is 2.28. The largest absolute Gasteiger partial charge is 0.378 e. The van der Waals surface area contributed by atoms with E-state index in [2.05, 4.69) is 27.0 Å². The number of halogens is 1. The average molecular weight is 444 g/mol. The molecule has 23 heavy (non-hydrogen) atoms. The Morgan fingerprint density at radius 1 is 1.30 bits per heavy atom. The van der Waals surface area contributed by atoms with Gasteiger partial charge in [0.25, 0.3) is 0 Å². The molecule has 0 radical (unpaired) electrons. The summed E-state index contributed by atoms with van der Waals surface area (Å²) in [5.74, 6) is 0.595. The SMILES string of the molecule is Cc1nc(-c2ccccc2)sc1CN=C(N)N1CCOCC1.I. The topological polar surface area (TPSA) is 63.7 Å². The number of aliphatic imine (C=N–C) groups is 1. The molecule has 0 saturated carbocycles. The molecule has 1 aromatic heterocycles. The molecule has 5 nitrogen and oxygen atoms in total. The molecule has 1 aliphatic rings. The van der Waals surface area contributed by atoms with Crippen molar-refractivity contribution in [2.45, 2.75) is 13.5 Å². The summed E-state index contributed by atoms with van der Waals surface area (Å²) in [5.41, 5.74) is 8.24. The van der Waals surface area contributed by atoms with E-state index < -0.39 is 0 Å². The van der Waals surface area contributed by atoms with Crippen LogP contribution < -0.4 is 5.73 Å². The summed E-state index contributed by atoms with van der Waals surface area (Å²) in [4.78, 5) is 12.4. The number of nitrogens with two attached hydrogens (primary N) is 1. The van der Waals surface area contributed by atoms with Crippen LogP contribution in [-0.2, 0) is 11.3 Å². The normalized spacial score (nSPS) is 15.3. The molecular formula is C16H21IN4OS. The molecule has 2 N–H and O–H groups in total. The van der Waals surface area contributed by atoms with Gasteiger partial charge in [-0.2, -0.15) is 0 Å². The summed E-state index contributed by atoms with van der Waals surface area (Å²) in [6, 6.07) is 10.2. The van der Waals surface area contributed by atoms with E-state index >= 15 is 0 Å². The van der Waals surface area contributed by atoms with E-state index in [-0.39, 0.29) is 24.0 Å². The highest BCUT2D eigenvalue weighted by molar-refractivity contribution is 14.0. The van der Waals surface area contributed by atoms with Gasteiger partial charge in [-0.3, -0.25) is 0 Å². The summed E-state index contributed by atoms with van der Waals surface area (Å²) in [7, 11) is 0. The van der Waals surface area contributed by atoms with E-state index in [1.165, 1.54) is 0 Å². The summed E-state index contributed by atoms with van der Waals surface area (Å²) < 4.78 is 5.32. The van der Waals surface area contributed by atoms with Crippen LogP contribution in [0.5, 0.6) is 0 Å². The first kappa shape index (κ1) is 18.2. The van der Waals surface area contributed by atoms with Crippen LogP contribution in [0.15, 0.2) is 35.3 Å². The van der Waals surface area contributed by atoms with Crippen LogP contribution in [0, 0.1) is 6.92 Å². The van der Waals surface area contributed by atoms with Gasteiger partial charge in [-0.25, -0.2) is 9.98 Å². The van der Waals surface area contributed by atoms with Crippen LogP contribution in [0.1, 0.15) is 10.6 Å². The Labute approximate surface area is 157 Å². The first-order chi connectivity index (χ1) is 10.7. The lowest BCUT2D eigenvalue weighted by Gasteiger charge is -2.27. The lowest BCUT2D eigenvalue weighted by Crippen LogP contribution is -2.44. The second-order valence-electron chi connectivity index (χ2n) is 5.17. The van der Waals surface area contributed by atoms with E-state index in [4.69, 9.17) is 10.5 Å². The molecule has 2 heterocycles. The maximum atomic E-state index is 6.07. The number of morpholine rings is 1. The van der Waals surface area contributed by atoms with Crippen molar-refractivity contribution in [1.82, 2.24) is 9.88 Å². The van der Waals surface area contributed by atoms with Crippen molar-refractivity contribution in [3.05, 3.63) is 40.9 Å². The van der Waals surface area contributed by atoms with Gasteiger partial charge in [-0.05, 0) is 6.92 Å². The predicted octanol–water partition coefficient (Wildman–Crippen LogP) is 2.88. The van der Waals surface area contributed by atoms with E-state index in [0.29, 0.717) is 25.7 Å². The van der Waals surface area contributed by atoms with Crippen LogP contribution >= 0.6 is 35.3 Å². The molecule has 2 aromatic rings. The second kappa shape index (κ2) is 8.60. The zero-order valence-corrected chi connectivity index (χ0v) is 16.2. The van der Waals surface area contributed by atoms with Crippen molar-refractivity contribution < 1.29 is 4.74 Å². The molecule has 3 rings (SSSR count). The molecule has 1 saturated heterocycles. The van der Waals surface area contributed by atoms with Crippen molar-refractivity contribution in [3.8, 4) is 10.6 Å². The van der Waals surface area contributed by atoms with Gasteiger partial charge in [0.05, 0.1) is 25.5 Å².